The minimum Gasteiger partial charge on any atom is -0.443 e. The third-order valence-electron chi connectivity index (χ3n) is 6.27. The van der Waals surface area contributed by atoms with Gasteiger partial charge in [0, 0.05) is 14.1 Å². The lowest BCUT2D eigenvalue weighted by Gasteiger charge is -2.32. The Morgan fingerprint density at radius 3 is 2.29 bits per heavy atom. The molecule has 3 rings (SSSR count). The lowest BCUT2D eigenvalue weighted by atomic mass is 9.74. The van der Waals surface area contributed by atoms with Gasteiger partial charge in [0.15, 0.2) is 0 Å². The van der Waals surface area contributed by atoms with Gasteiger partial charge in [-0.2, -0.15) is 0 Å². The number of ether oxygens (including phenoxy) is 1. The first-order valence-corrected chi connectivity index (χ1v) is 11.4. The molecule has 2 aliphatic rings. The number of amides is 2. The van der Waals surface area contributed by atoms with Crippen LogP contribution in [0.5, 0.6) is 0 Å². The summed E-state index contributed by atoms with van der Waals surface area (Å²) in [4.78, 5) is 29.4. The van der Waals surface area contributed by atoms with Gasteiger partial charge in [-0.25, -0.2) is 9.69 Å². The molecule has 0 spiro atoms. The van der Waals surface area contributed by atoms with Gasteiger partial charge < -0.3 is 24.3 Å². The zero-order valence-electron chi connectivity index (χ0n) is 21.7. The average Bonchev–Trinajstić information content (AvgIpc) is 3.13. The molecule has 0 bridgehead atoms. The number of anilines is 1. The first kappa shape index (κ1) is 25.8. The van der Waals surface area contributed by atoms with Crippen molar-refractivity contribution < 1.29 is 23.6 Å². The quantitative estimate of drug-likeness (QED) is 0.518. The smallest absolute Gasteiger partial charge is 0.443 e. The lowest BCUT2D eigenvalue weighted by Crippen LogP contribution is -2.41. The van der Waals surface area contributed by atoms with Crippen LogP contribution in [0.3, 0.4) is 0 Å². The molecular weight excluding hydrogens is 433 g/mol. The molecular formula is C25H36BN3O5. The maximum absolute atomic E-state index is 13.5. The van der Waals surface area contributed by atoms with Crippen molar-refractivity contribution in [2.75, 3.05) is 19.4 Å². The van der Waals surface area contributed by atoms with E-state index in [2.05, 4.69) is 11.9 Å². The molecule has 1 N–H and O–H groups in total. The summed E-state index contributed by atoms with van der Waals surface area (Å²) in [6.07, 6.45) is 2.78. The largest absolute Gasteiger partial charge is 0.495 e. The molecule has 1 saturated heterocycles. The third-order valence-corrected chi connectivity index (χ3v) is 6.27. The molecule has 8 nitrogen and oxygen atoms in total. The summed E-state index contributed by atoms with van der Waals surface area (Å²) < 4.78 is 18.0. The van der Waals surface area contributed by atoms with Gasteiger partial charge >= 0.3 is 13.2 Å². The van der Waals surface area contributed by atoms with E-state index < -0.39 is 35.9 Å². The van der Waals surface area contributed by atoms with Crippen LogP contribution < -0.4 is 10.8 Å². The Bertz CT molecular complexity index is 1020. The van der Waals surface area contributed by atoms with Crippen LogP contribution in [0, 0.1) is 0 Å². The number of fused-ring (bicyclic) bond motifs is 1. The van der Waals surface area contributed by atoms with Crippen LogP contribution in [-0.2, 0) is 20.6 Å². The van der Waals surface area contributed by atoms with Crippen molar-refractivity contribution in [1.82, 2.24) is 9.80 Å². The van der Waals surface area contributed by atoms with Crippen molar-refractivity contribution in [3.05, 3.63) is 47.8 Å². The number of hydrogen-bond acceptors (Lipinski definition) is 7. The standard InChI is InChI=1S/C25H36BN3O5/c1-11-12-19(28(9)10)27-18-14-13-17(26-33-24(5,6)25(7,8)34-26)16-15-29(21(30)20(16)18)22(31)32-23(2,3)4/h11-14,27H,1,15H2,2-10H3/b19-12-. The van der Waals surface area contributed by atoms with Gasteiger partial charge in [0.2, 0.25) is 0 Å². The van der Waals surface area contributed by atoms with E-state index in [1.165, 1.54) is 0 Å². The molecule has 1 fully saturated rings. The Hall–Kier alpha value is -2.78. The Morgan fingerprint density at radius 2 is 1.79 bits per heavy atom. The molecule has 0 aliphatic carbocycles. The Balaban J connectivity index is 2.08. The molecule has 0 atom stereocenters. The molecule has 2 amide bonds. The molecule has 0 radical (unpaired) electrons. The van der Waals surface area contributed by atoms with E-state index in [1.807, 2.05) is 58.8 Å². The monoisotopic (exact) mass is 469 g/mol. The molecule has 34 heavy (non-hydrogen) atoms. The minimum absolute atomic E-state index is 0.0699. The van der Waals surface area contributed by atoms with Gasteiger partial charge in [-0.1, -0.05) is 18.7 Å². The summed E-state index contributed by atoms with van der Waals surface area (Å²) in [5.41, 5.74) is 0.559. The van der Waals surface area contributed by atoms with Gasteiger partial charge in [0.25, 0.3) is 5.91 Å². The highest BCUT2D eigenvalue weighted by molar-refractivity contribution is 6.63. The van der Waals surface area contributed by atoms with E-state index in [0.717, 1.165) is 16.2 Å². The van der Waals surface area contributed by atoms with Gasteiger partial charge in [-0.3, -0.25) is 4.79 Å². The number of hydrogen-bond donors (Lipinski definition) is 1. The Morgan fingerprint density at radius 1 is 1.21 bits per heavy atom. The van der Waals surface area contributed by atoms with E-state index >= 15 is 0 Å². The van der Waals surface area contributed by atoms with Crippen LogP contribution >= 0.6 is 0 Å². The number of benzene rings is 1. The Kier molecular flexibility index (Phi) is 6.67. The number of imide groups is 1. The molecule has 0 saturated carbocycles. The first-order chi connectivity index (χ1) is 15.6. The summed E-state index contributed by atoms with van der Waals surface area (Å²) in [7, 11) is 3.10. The molecule has 2 heterocycles. The predicted octanol–water partition coefficient (Wildman–Crippen LogP) is 3.88. The number of rotatable bonds is 5. The second-order valence-electron chi connectivity index (χ2n) is 10.8. The molecule has 0 unspecified atom stereocenters. The van der Waals surface area contributed by atoms with Crippen LogP contribution in [-0.4, -0.2) is 59.8 Å². The third kappa shape index (κ3) is 4.86. The van der Waals surface area contributed by atoms with Crippen LogP contribution in [0.4, 0.5) is 10.5 Å². The maximum Gasteiger partial charge on any atom is 0.495 e. The molecule has 0 aromatic heterocycles. The highest BCUT2D eigenvalue weighted by Gasteiger charge is 2.53. The SMILES string of the molecule is C=C/C=C(/Nc1ccc(B2OC(C)(C)C(C)(C)O2)c2c1C(=O)N(C(=O)OC(C)(C)C)C2)N(C)C. The number of allylic oxidation sites excluding steroid dienone is 2. The minimum atomic E-state index is -0.730. The topological polar surface area (TPSA) is 80.3 Å². The molecule has 2 aliphatic heterocycles. The van der Waals surface area contributed by atoms with E-state index in [-0.39, 0.29) is 6.54 Å². The van der Waals surface area contributed by atoms with Crippen molar-refractivity contribution >= 4 is 30.3 Å². The first-order valence-electron chi connectivity index (χ1n) is 11.4. The van der Waals surface area contributed by atoms with Crippen molar-refractivity contribution in [3.8, 4) is 0 Å². The van der Waals surface area contributed by atoms with E-state index in [0.29, 0.717) is 16.8 Å². The second-order valence-corrected chi connectivity index (χ2v) is 10.8. The maximum atomic E-state index is 13.5. The van der Waals surface area contributed by atoms with Crippen molar-refractivity contribution in [2.45, 2.75) is 71.8 Å². The molecule has 184 valence electrons. The van der Waals surface area contributed by atoms with E-state index in [4.69, 9.17) is 14.0 Å². The summed E-state index contributed by atoms with van der Waals surface area (Å²) in [5, 5.41) is 3.30. The zero-order valence-corrected chi connectivity index (χ0v) is 21.7. The summed E-state index contributed by atoms with van der Waals surface area (Å²) in [5.74, 6) is 0.311. The van der Waals surface area contributed by atoms with Gasteiger partial charge in [0.1, 0.15) is 11.4 Å². The van der Waals surface area contributed by atoms with E-state index in [9.17, 15) is 9.59 Å². The zero-order chi connectivity index (χ0) is 25.6. The average molecular weight is 469 g/mol. The number of nitrogens with zero attached hydrogens (tertiary/aromatic N) is 2. The predicted molar refractivity (Wildman–Crippen MR) is 134 cm³/mol. The van der Waals surface area contributed by atoms with Gasteiger partial charge in [0.05, 0.1) is 29.0 Å². The summed E-state index contributed by atoms with van der Waals surface area (Å²) in [6, 6.07) is 3.70. The number of carbonyl (C=O) groups excluding carboxylic acids is 2. The fraction of sp³-hybridized carbons (Fsp3) is 0.520. The highest BCUT2D eigenvalue weighted by atomic mass is 16.7. The van der Waals surface area contributed by atoms with Crippen molar-refractivity contribution in [2.24, 2.45) is 0 Å². The van der Waals surface area contributed by atoms with Crippen molar-refractivity contribution in [3.63, 3.8) is 0 Å². The highest BCUT2D eigenvalue weighted by Crippen LogP contribution is 2.38. The fourth-order valence-electron chi connectivity index (χ4n) is 3.76. The van der Waals surface area contributed by atoms with Crippen LogP contribution in [0.25, 0.3) is 0 Å². The molecule has 9 heteroatoms. The second kappa shape index (κ2) is 8.78. The normalized spacial score (nSPS) is 19.2. The van der Waals surface area contributed by atoms with Crippen LogP contribution in [0.1, 0.15) is 64.4 Å². The van der Waals surface area contributed by atoms with E-state index in [1.54, 1.807) is 32.9 Å². The lowest BCUT2D eigenvalue weighted by molar-refractivity contribution is 0.00578. The fourth-order valence-corrected chi connectivity index (χ4v) is 3.76. The summed E-state index contributed by atoms with van der Waals surface area (Å²) >= 11 is 0. The van der Waals surface area contributed by atoms with Gasteiger partial charge in [-0.05, 0) is 71.6 Å². The van der Waals surface area contributed by atoms with Crippen molar-refractivity contribution in [1.29, 1.82) is 0 Å². The Labute approximate surface area is 203 Å². The summed E-state index contributed by atoms with van der Waals surface area (Å²) in [6.45, 7) is 17.0. The van der Waals surface area contributed by atoms with Gasteiger partial charge in [-0.15, -0.1) is 0 Å². The van der Waals surface area contributed by atoms with Crippen LogP contribution in [0.15, 0.2) is 36.7 Å². The number of carbonyl (C=O) groups is 2. The molecule has 1 aromatic carbocycles. The van der Waals surface area contributed by atoms with Crippen LogP contribution in [0.2, 0.25) is 0 Å². The molecule has 1 aromatic rings. The number of nitrogens with one attached hydrogen (secondary N) is 1.